The number of hydrogen-bond donors (Lipinski definition) is 2. The van der Waals surface area contributed by atoms with Crippen LogP contribution in [0.25, 0.3) is 0 Å². The van der Waals surface area contributed by atoms with Crippen molar-refractivity contribution in [2.75, 3.05) is 6.61 Å². The van der Waals surface area contributed by atoms with E-state index in [9.17, 15) is 4.79 Å². The third-order valence-electron chi connectivity index (χ3n) is 4.85. The number of carbonyl (C=O) groups is 1. The Morgan fingerprint density at radius 1 is 1.33 bits per heavy atom. The second kappa shape index (κ2) is 4.20. The van der Waals surface area contributed by atoms with Gasteiger partial charge in [0.1, 0.15) is 0 Å². The smallest absolute Gasteiger partial charge is 0.237 e. The minimum Gasteiger partial charge on any atom is -0.377 e. The van der Waals surface area contributed by atoms with Gasteiger partial charge in [-0.1, -0.05) is 13.8 Å². The quantitative estimate of drug-likeness (QED) is 0.786. The van der Waals surface area contributed by atoms with Gasteiger partial charge in [-0.15, -0.1) is 0 Å². The number of rotatable bonds is 4. The van der Waals surface area contributed by atoms with Crippen LogP contribution in [-0.4, -0.2) is 36.7 Å². The van der Waals surface area contributed by atoms with E-state index in [1.807, 2.05) is 6.92 Å². The van der Waals surface area contributed by atoms with Crippen molar-refractivity contribution in [3.05, 3.63) is 0 Å². The maximum atomic E-state index is 12.0. The van der Waals surface area contributed by atoms with Crippen LogP contribution in [0.5, 0.6) is 0 Å². The zero-order valence-corrected chi connectivity index (χ0v) is 11.5. The van der Waals surface area contributed by atoms with E-state index in [0.29, 0.717) is 24.1 Å². The molecule has 2 N–H and O–H groups in total. The predicted molar refractivity (Wildman–Crippen MR) is 69.2 cm³/mol. The molecule has 0 radical (unpaired) electrons. The SMILES string of the molecule is CC(NC1C2CCOC2C1(C)C)C(=O)NC1CC1. The summed E-state index contributed by atoms with van der Waals surface area (Å²) >= 11 is 0. The van der Waals surface area contributed by atoms with Gasteiger partial charge < -0.3 is 15.4 Å². The molecular weight excluding hydrogens is 228 g/mol. The van der Waals surface area contributed by atoms with E-state index in [2.05, 4.69) is 24.5 Å². The van der Waals surface area contributed by atoms with Crippen molar-refractivity contribution in [2.45, 2.75) is 64.3 Å². The van der Waals surface area contributed by atoms with Crippen molar-refractivity contribution >= 4 is 5.91 Å². The van der Waals surface area contributed by atoms with Crippen LogP contribution < -0.4 is 10.6 Å². The lowest BCUT2D eigenvalue weighted by atomic mass is 9.57. The lowest BCUT2D eigenvalue weighted by Gasteiger charge is -2.55. The number of amides is 1. The summed E-state index contributed by atoms with van der Waals surface area (Å²) in [5.41, 5.74) is 0.148. The largest absolute Gasteiger partial charge is 0.377 e. The summed E-state index contributed by atoms with van der Waals surface area (Å²) in [4.78, 5) is 12.0. The van der Waals surface area contributed by atoms with Crippen molar-refractivity contribution in [3.8, 4) is 0 Å². The zero-order valence-electron chi connectivity index (χ0n) is 11.5. The molecule has 1 saturated heterocycles. The van der Waals surface area contributed by atoms with Crippen LogP contribution in [0.2, 0.25) is 0 Å². The molecule has 0 aromatic rings. The monoisotopic (exact) mass is 252 g/mol. The fraction of sp³-hybridized carbons (Fsp3) is 0.929. The van der Waals surface area contributed by atoms with E-state index in [0.717, 1.165) is 25.9 Å². The topological polar surface area (TPSA) is 50.4 Å². The standard InChI is InChI=1S/C14H24N2O2/c1-8(13(17)16-9-4-5-9)15-11-10-6-7-18-12(10)14(11,2)3/h8-12,15H,4-7H2,1-3H3,(H,16,17). The maximum absolute atomic E-state index is 12.0. The Morgan fingerprint density at radius 2 is 2.06 bits per heavy atom. The normalized spacial score (nSPS) is 38.7. The number of ether oxygens (including phenoxy) is 1. The van der Waals surface area contributed by atoms with E-state index in [-0.39, 0.29) is 17.4 Å². The van der Waals surface area contributed by atoms with Crippen LogP contribution in [-0.2, 0) is 9.53 Å². The third kappa shape index (κ3) is 1.95. The van der Waals surface area contributed by atoms with Gasteiger partial charge in [0.25, 0.3) is 0 Å². The summed E-state index contributed by atoms with van der Waals surface area (Å²) in [6.07, 6.45) is 3.80. The Bertz CT molecular complexity index is 352. The molecule has 2 aliphatic carbocycles. The average Bonchev–Trinajstić information content (AvgIpc) is 3.01. The van der Waals surface area contributed by atoms with Crippen molar-refractivity contribution in [1.29, 1.82) is 0 Å². The van der Waals surface area contributed by atoms with Gasteiger partial charge in [-0.2, -0.15) is 0 Å². The van der Waals surface area contributed by atoms with Crippen molar-refractivity contribution in [2.24, 2.45) is 11.3 Å². The first-order valence-electron chi connectivity index (χ1n) is 7.18. The first-order chi connectivity index (χ1) is 8.50. The Morgan fingerprint density at radius 3 is 2.72 bits per heavy atom. The molecule has 0 aromatic heterocycles. The summed E-state index contributed by atoms with van der Waals surface area (Å²) < 4.78 is 5.77. The highest BCUT2D eigenvalue weighted by Crippen LogP contribution is 2.52. The molecular formula is C14H24N2O2. The second-order valence-corrected chi connectivity index (χ2v) is 6.71. The van der Waals surface area contributed by atoms with Gasteiger partial charge in [0.15, 0.2) is 0 Å². The molecule has 0 bridgehead atoms. The van der Waals surface area contributed by atoms with Gasteiger partial charge in [0.05, 0.1) is 12.1 Å². The van der Waals surface area contributed by atoms with Crippen LogP contribution in [0.1, 0.15) is 40.0 Å². The van der Waals surface area contributed by atoms with Crippen LogP contribution in [0, 0.1) is 11.3 Å². The highest BCUT2D eigenvalue weighted by molar-refractivity contribution is 5.81. The summed E-state index contributed by atoms with van der Waals surface area (Å²) in [6.45, 7) is 7.32. The number of nitrogens with one attached hydrogen (secondary N) is 2. The van der Waals surface area contributed by atoms with Crippen molar-refractivity contribution in [3.63, 3.8) is 0 Å². The number of fused-ring (bicyclic) bond motifs is 1. The molecule has 1 aliphatic heterocycles. The van der Waals surface area contributed by atoms with E-state index in [1.54, 1.807) is 0 Å². The van der Waals surface area contributed by atoms with Crippen LogP contribution in [0.3, 0.4) is 0 Å². The highest BCUT2D eigenvalue weighted by Gasteiger charge is 2.59. The van der Waals surface area contributed by atoms with Crippen molar-refractivity contribution < 1.29 is 9.53 Å². The van der Waals surface area contributed by atoms with Gasteiger partial charge in [0, 0.05) is 30.0 Å². The highest BCUT2D eigenvalue weighted by atomic mass is 16.5. The fourth-order valence-corrected chi connectivity index (χ4v) is 3.56. The fourth-order valence-electron chi connectivity index (χ4n) is 3.56. The molecule has 0 spiro atoms. The lowest BCUT2D eigenvalue weighted by molar-refractivity contribution is -0.131. The summed E-state index contributed by atoms with van der Waals surface area (Å²) in [7, 11) is 0. The maximum Gasteiger partial charge on any atom is 0.237 e. The molecule has 102 valence electrons. The van der Waals surface area contributed by atoms with Crippen LogP contribution in [0.4, 0.5) is 0 Å². The first-order valence-corrected chi connectivity index (χ1v) is 7.18. The Hall–Kier alpha value is -0.610. The van der Waals surface area contributed by atoms with Crippen molar-refractivity contribution in [1.82, 2.24) is 10.6 Å². The third-order valence-corrected chi connectivity index (χ3v) is 4.85. The molecule has 18 heavy (non-hydrogen) atoms. The van der Waals surface area contributed by atoms with Gasteiger partial charge in [-0.3, -0.25) is 4.79 Å². The molecule has 1 amide bonds. The minimum absolute atomic E-state index is 0.101. The van der Waals surface area contributed by atoms with E-state index in [4.69, 9.17) is 4.74 Å². The Kier molecular flexibility index (Phi) is 2.90. The van der Waals surface area contributed by atoms with Gasteiger partial charge in [-0.05, 0) is 26.2 Å². The molecule has 2 saturated carbocycles. The molecule has 1 heterocycles. The summed E-state index contributed by atoms with van der Waals surface area (Å²) in [6, 6.07) is 0.750. The number of carbonyl (C=O) groups excluding carboxylic acids is 1. The van der Waals surface area contributed by atoms with E-state index >= 15 is 0 Å². The number of hydrogen-bond acceptors (Lipinski definition) is 3. The molecule has 4 unspecified atom stereocenters. The molecule has 3 aliphatic rings. The van der Waals surface area contributed by atoms with Crippen LogP contribution >= 0.6 is 0 Å². The molecule has 0 aromatic carbocycles. The van der Waals surface area contributed by atoms with E-state index < -0.39 is 0 Å². The summed E-state index contributed by atoms with van der Waals surface area (Å²) in [5, 5.41) is 6.58. The Labute approximate surface area is 109 Å². The predicted octanol–water partition coefficient (Wildman–Crippen LogP) is 1.06. The molecule has 4 atom stereocenters. The molecule has 3 rings (SSSR count). The minimum atomic E-state index is -0.101. The average molecular weight is 252 g/mol. The second-order valence-electron chi connectivity index (χ2n) is 6.71. The molecule has 3 fully saturated rings. The zero-order chi connectivity index (χ0) is 12.9. The molecule has 4 heteroatoms. The van der Waals surface area contributed by atoms with Gasteiger partial charge in [0.2, 0.25) is 5.91 Å². The van der Waals surface area contributed by atoms with Crippen LogP contribution in [0.15, 0.2) is 0 Å². The van der Waals surface area contributed by atoms with Gasteiger partial charge >= 0.3 is 0 Å². The molecule has 4 nitrogen and oxygen atoms in total. The Balaban J connectivity index is 1.56. The summed E-state index contributed by atoms with van der Waals surface area (Å²) in [5.74, 6) is 0.742. The first kappa shape index (κ1) is 12.4. The van der Waals surface area contributed by atoms with E-state index in [1.165, 1.54) is 0 Å². The lowest BCUT2D eigenvalue weighted by Crippen LogP contribution is -2.68. The van der Waals surface area contributed by atoms with Gasteiger partial charge in [-0.25, -0.2) is 0 Å².